The topological polar surface area (TPSA) is 12.9 Å². The standard InChI is InChI=1S/C17H22ClN/c1-11(2)8-13-10-15(18)14-9-12(17(3,4)5)6-7-16(14)19-13/h6-7,9-11H,8H2,1-5H3. The van der Waals surface area contributed by atoms with E-state index < -0.39 is 0 Å². The van der Waals surface area contributed by atoms with E-state index in [0.29, 0.717) is 5.92 Å². The number of hydrogen-bond donors (Lipinski definition) is 0. The van der Waals surface area contributed by atoms with Crippen LogP contribution in [0.4, 0.5) is 0 Å². The fourth-order valence-electron chi connectivity index (χ4n) is 2.23. The highest BCUT2D eigenvalue weighted by atomic mass is 35.5. The third kappa shape index (κ3) is 3.27. The van der Waals surface area contributed by atoms with Gasteiger partial charge in [0.15, 0.2) is 0 Å². The number of nitrogens with zero attached hydrogens (tertiary/aromatic N) is 1. The second-order valence-electron chi connectivity index (χ2n) is 6.68. The molecule has 0 aliphatic carbocycles. The highest BCUT2D eigenvalue weighted by molar-refractivity contribution is 6.35. The molecule has 2 heteroatoms. The summed E-state index contributed by atoms with van der Waals surface area (Å²) < 4.78 is 0. The monoisotopic (exact) mass is 275 g/mol. The lowest BCUT2D eigenvalue weighted by Crippen LogP contribution is -2.10. The maximum atomic E-state index is 6.43. The number of hydrogen-bond acceptors (Lipinski definition) is 1. The molecule has 0 aliphatic rings. The molecule has 0 N–H and O–H groups in total. The summed E-state index contributed by atoms with van der Waals surface area (Å²) in [6.07, 6.45) is 0.969. The van der Waals surface area contributed by atoms with Gasteiger partial charge in [0.25, 0.3) is 0 Å². The van der Waals surface area contributed by atoms with Crippen molar-refractivity contribution in [2.75, 3.05) is 0 Å². The molecule has 102 valence electrons. The Morgan fingerprint density at radius 2 is 1.84 bits per heavy atom. The zero-order valence-electron chi connectivity index (χ0n) is 12.4. The molecular weight excluding hydrogens is 254 g/mol. The van der Waals surface area contributed by atoms with Gasteiger partial charge in [-0.1, -0.05) is 52.3 Å². The highest BCUT2D eigenvalue weighted by Gasteiger charge is 2.15. The van der Waals surface area contributed by atoms with Crippen molar-refractivity contribution in [2.45, 2.75) is 46.5 Å². The van der Waals surface area contributed by atoms with Gasteiger partial charge in [0.05, 0.1) is 10.5 Å². The Morgan fingerprint density at radius 1 is 1.16 bits per heavy atom. The van der Waals surface area contributed by atoms with Crippen molar-refractivity contribution >= 4 is 22.5 Å². The van der Waals surface area contributed by atoms with Gasteiger partial charge in [-0.3, -0.25) is 4.98 Å². The number of pyridine rings is 1. The van der Waals surface area contributed by atoms with Crippen LogP contribution in [-0.4, -0.2) is 4.98 Å². The molecule has 1 heterocycles. The van der Waals surface area contributed by atoms with Gasteiger partial charge in [-0.15, -0.1) is 0 Å². The maximum Gasteiger partial charge on any atom is 0.0720 e. The molecule has 0 aliphatic heterocycles. The first-order valence-corrected chi connectivity index (χ1v) is 7.25. The highest BCUT2D eigenvalue weighted by Crippen LogP contribution is 2.30. The average Bonchev–Trinajstić information content (AvgIpc) is 2.26. The van der Waals surface area contributed by atoms with Crippen LogP contribution in [0.5, 0.6) is 0 Å². The second kappa shape index (κ2) is 5.13. The van der Waals surface area contributed by atoms with E-state index in [1.165, 1.54) is 5.56 Å². The third-order valence-electron chi connectivity index (χ3n) is 3.29. The van der Waals surface area contributed by atoms with E-state index in [0.717, 1.165) is 28.0 Å². The van der Waals surface area contributed by atoms with Crippen molar-refractivity contribution in [3.05, 3.63) is 40.5 Å². The molecule has 2 aromatic rings. The lowest BCUT2D eigenvalue weighted by molar-refractivity contribution is 0.591. The van der Waals surface area contributed by atoms with E-state index in [1.807, 2.05) is 6.07 Å². The second-order valence-corrected chi connectivity index (χ2v) is 7.08. The molecular formula is C17H22ClN. The largest absolute Gasteiger partial charge is 0.253 e. The number of aromatic nitrogens is 1. The summed E-state index contributed by atoms with van der Waals surface area (Å²) in [6, 6.07) is 8.43. The quantitative estimate of drug-likeness (QED) is 0.717. The number of rotatable bonds is 2. The van der Waals surface area contributed by atoms with E-state index in [1.54, 1.807) is 0 Å². The summed E-state index contributed by atoms with van der Waals surface area (Å²) in [5.41, 5.74) is 3.50. The minimum atomic E-state index is 0.133. The fourth-order valence-corrected chi connectivity index (χ4v) is 2.50. The van der Waals surface area contributed by atoms with Crippen LogP contribution in [0.1, 0.15) is 45.9 Å². The van der Waals surface area contributed by atoms with Crippen LogP contribution in [-0.2, 0) is 11.8 Å². The molecule has 0 bridgehead atoms. The molecule has 0 amide bonds. The van der Waals surface area contributed by atoms with E-state index in [2.05, 4.69) is 52.8 Å². The predicted molar refractivity (Wildman–Crippen MR) is 84.0 cm³/mol. The van der Waals surface area contributed by atoms with Gasteiger partial charge in [0.2, 0.25) is 0 Å². The molecule has 0 saturated heterocycles. The summed E-state index contributed by atoms with van der Waals surface area (Å²) >= 11 is 6.43. The Bertz CT molecular complexity index is 594. The van der Waals surface area contributed by atoms with Crippen LogP contribution in [0, 0.1) is 5.92 Å². The van der Waals surface area contributed by atoms with Crippen LogP contribution in [0.25, 0.3) is 10.9 Å². The lowest BCUT2D eigenvalue weighted by atomic mass is 9.86. The van der Waals surface area contributed by atoms with Crippen molar-refractivity contribution < 1.29 is 0 Å². The Labute approximate surface area is 121 Å². The van der Waals surface area contributed by atoms with Crippen molar-refractivity contribution in [1.82, 2.24) is 4.98 Å². The van der Waals surface area contributed by atoms with Gasteiger partial charge in [0, 0.05) is 11.1 Å². The zero-order chi connectivity index (χ0) is 14.2. The van der Waals surface area contributed by atoms with Crippen molar-refractivity contribution in [2.24, 2.45) is 5.92 Å². The molecule has 0 fully saturated rings. The SMILES string of the molecule is CC(C)Cc1cc(Cl)c2cc(C(C)(C)C)ccc2n1. The van der Waals surface area contributed by atoms with Gasteiger partial charge in [-0.05, 0) is 41.5 Å². The van der Waals surface area contributed by atoms with Crippen LogP contribution in [0.2, 0.25) is 5.02 Å². The lowest BCUT2D eigenvalue weighted by Gasteiger charge is -2.19. The first kappa shape index (κ1) is 14.3. The fraction of sp³-hybridized carbons (Fsp3) is 0.471. The Hall–Kier alpha value is -1.08. The van der Waals surface area contributed by atoms with Crippen molar-refractivity contribution in [1.29, 1.82) is 0 Å². The molecule has 1 nitrogen and oxygen atoms in total. The van der Waals surface area contributed by atoms with Gasteiger partial charge >= 0.3 is 0 Å². The molecule has 1 aromatic carbocycles. The summed E-state index contributed by atoms with van der Waals surface area (Å²) in [4.78, 5) is 4.71. The molecule has 0 spiro atoms. The maximum absolute atomic E-state index is 6.43. The Morgan fingerprint density at radius 3 is 2.42 bits per heavy atom. The number of benzene rings is 1. The first-order valence-electron chi connectivity index (χ1n) is 6.87. The van der Waals surface area contributed by atoms with Crippen LogP contribution < -0.4 is 0 Å². The molecule has 1 aromatic heterocycles. The zero-order valence-corrected chi connectivity index (χ0v) is 13.2. The normalized spacial score (nSPS) is 12.4. The summed E-state index contributed by atoms with van der Waals surface area (Å²) in [5.74, 6) is 0.592. The third-order valence-corrected chi connectivity index (χ3v) is 3.61. The molecule has 2 rings (SSSR count). The minimum Gasteiger partial charge on any atom is -0.253 e. The number of halogens is 1. The molecule has 0 atom stereocenters. The van der Waals surface area contributed by atoms with E-state index in [-0.39, 0.29) is 5.41 Å². The summed E-state index contributed by atoms with van der Waals surface area (Å²) in [7, 11) is 0. The van der Waals surface area contributed by atoms with Crippen molar-refractivity contribution in [3.63, 3.8) is 0 Å². The van der Waals surface area contributed by atoms with Crippen LogP contribution in [0.3, 0.4) is 0 Å². The molecule has 0 radical (unpaired) electrons. The van der Waals surface area contributed by atoms with Crippen molar-refractivity contribution in [3.8, 4) is 0 Å². The summed E-state index contributed by atoms with van der Waals surface area (Å²) in [6.45, 7) is 11.0. The van der Waals surface area contributed by atoms with E-state index >= 15 is 0 Å². The minimum absolute atomic E-state index is 0.133. The van der Waals surface area contributed by atoms with Gasteiger partial charge in [0.1, 0.15) is 0 Å². The summed E-state index contributed by atoms with van der Waals surface area (Å²) in [5, 5.41) is 1.87. The van der Waals surface area contributed by atoms with Gasteiger partial charge in [-0.2, -0.15) is 0 Å². The predicted octanol–water partition coefficient (Wildman–Crippen LogP) is 5.38. The molecule has 0 unspecified atom stereocenters. The molecule has 19 heavy (non-hydrogen) atoms. The number of fused-ring (bicyclic) bond motifs is 1. The van der Waals surface area contributed by atoms with Crippen LogP contribution >= 0.6 is 11.6 Å². The smallest absolute Gasteiger partial charge is 0.0720 e. The Balaban J connectivity index is 2.54. The van der Waals surface area contributed by atoms with Gasteiger partial charge in [-0.25, -0.2) is 0 Å². The van der Waals surface area contributed by atoms with Crippen LogP contribution in [0.15, 0.2) is 24.3 Å². The van der Waals surface area contributed by atoms with E-state index in [4.69, 9.17) is 16.6 Å². The Kier molecular flexibility index (Phi) is 3.87. The average molecular weight is 276 g/mol. The van der Waals surface area contributed by atoms with E-state index in [9.17, 15) is 0 Å². The molecule has 0 saturated carbocycles. The van der Waals surface area contributed by atoms with Gasteiger partial charge < -0.3 is 0 Å². The first-order chi connectivity index (χ1) is 8.77.